The molecule has 1 heterocycles. The van der Waals surface area contributed by atoms with Crippen LogP contribution in [-0.2, 0) is 4.74 Å². The molecule has 2 nitrogen and oxygen atoms in total. The molecule has 0 aromatic carbocycles. The Morgan fingerprint density at radius 2 is 2.19 bits per heavy atom. The molecule has 16 heavy (non-hydrogen) atoms. The molecule has 2 unspecified atom stereocenters. The Kier molecular flexibility index (Phi) is 4.26. The monoisotopic (exact) mass is 225 g/mol. The maximum Gasteiger partial charge on any atom is 0.0685 e. The maximum absolute atomic E-state index is 6.01. The second-order valence-electron chi connectivity index (χ2n) is 5.59. The van der Waals surface area contributed by atoms with Crippen molar-refractivity contribution in [2.75, 3.05) is 13.2 Å². The van der Waals surface area contributed by atoms with Gasteiger partial charge in [-0.1, -0.05) is 20.3 Å². The van der Waals surface area contributed by atoms with E-state index in [-0.39, 0.29) is 0 Å². The zero-order chi connectivity index (χ0) is 11.4. The van der Waals surface area contributed by atoms with Crippen LogP contribution in [0.3, 0.4) is 0 Å². The summed E-state index contributed by atoms with van der Waals surface area (Å²) < 4.78 is 6.01. The highest BCUT2D eigenvalue weighted by Gasteiger charge is 2.43. The highest BCUT2D eigenvalue weighted by atomic mass is 16.5. The van der Waals surface area contributed by atoms with E-state index >= 15 is 0 Å². The van der Waals surface area contributed by atoms with Gasteiger partial charge in [-0.3, -0.25) is 0 Å². The molecule has 94 valence electrons. The van der Waals surface area contributed by atoms with Gasteiger partial charge in [0.2, 0.25) is 0 Å². The van der Waals surface area contributed by atoms with Crippen LogP contribution in [-0.4, -0.2) is 24.8 Å². The van der Waals surface area contributed by atoms with Crippen molar-refractivity contribution in [3.8, 4) is 0 Å². The van der Waals surface area contributed by atoms with E-state index in [0.29, 0.717) is 5.60 Å². The second-order valence-corrected chi connectivity index (χ2v) is 5.59. The Balaban J connectivity index is 1.90. The maximum atomic E-state index is 6.01. The molecule has 2 aliphatic rings. The van der Waals surface area contributed by atoms with Gasteiger partial charge < -0.3 is 10.1 Å². The van der Waals surface area contributed by atoms with Gasteiger partial charge in [-0.2, -0.15) is 0 Å². The lowest BCUT2D eigenvalue weighted by Crippen LogP contribution is -2.50. The summed E-state index contributed by atoms with van der Waals surface area (Å²) in [6.45, 7) is 6.62. The first-order valence-electron chi connectivity index (χ1n) is 7.17. The van der Waals surface area contributed by atoms with E-state index in [0.717, 1.165) is 25.1 Å². The van der Waals surface area contributed by atoms with Crippen LogP contribution >= 0.6 is 0 Å². The summed E-state index contributed by atoms with van der Waals surface area (Å²) >= 11 is 0. The topological polar surface area (TPSA) is 21.3 Å². The number of hydrogen-bond donors (Lipinski definition) is 1. The first kappa shape index (κ1) is 12.4. The van der Waals surface area contributed by atoms with Crippen molar-refractivity contribution in [2.45, 2.75) is 70.4 Å². The largest absolute Gasteiger partial charge is 0.375 e. The van der Waals surface area contributed by atoms with Crippen molar-refractivity contribution in [1.29, 1.82) is 0 Å². The first-order valence-corrected chi connectivity index (χ1v) is 7.17. The summed E-state index contributed by atoms with van der Waals surface area (Å²) in [7, 11) is 0. The first-order chi connectivity index (χ1) is 7.79. The summed E-state index contributed by atoms with van der Waals surface area (Å²) in [5.74, 6) is 0.856. The van der Waals surface area contributed by atoms with Crippen molar-refractivity contribution >= 4 is 0 Å². The molecule has 1 N–H and O–H groups in total. The summed E-state index contributed by atoms with van der Waals surface area (Å²) in [6.07, 6.45) is 9.20. The Labute approximate surface area is 100 Å². The van der Waals surface area contributed by atoms with Crippen molar-refractivity contribution in [3.63, 3.8) is 0 Å². The molecule has 1 saturated heterocycles. The lowest BCUT2D eigenvalue weighted by molar-refractivity contribution is -0.147. The number of rotatable bonds is 5. The van der Waals surface area contributed by atoms with Gasteiger partial charge in [-0.15, -0.1) is 0 Å². The number of nitrogens with one attached hydrogen (secondary N) is 1. The standard InChI is InChI=1S/C14H27NO/c1-3-6-13(15-4-2)12-7-10-16-14(11-12)8-5-9-14/h12-13,15H,3-11H2,1-2H3. The van der Waals surface area contributed by atoms with E-state index in [2.05, 4.69) is 19.2 Å². The van der Waals surface area contributed by atoms with E-state index < -0.39 is 0 Å². The van der Waals surface area contributed by atoms with Crippen molar-refractivity contribution in [3.05, 3.63) is 0 Å². The third kappa shape index (κ3) is 2.60. The van der Waals surface area contributed by atoms with E-state index in [1.54, 1.807) is 0 Å². The Morgan fingerprint density at radius 3 is 2.75 bits per heavy atom. The van der Waals surface area contributed by atoms with Crippen molar-refractivity contribution < 1.29 is 4.74 Å². The predicted molar refractivity (Wildman–Crippen MR) is 67.6 cm³/mol. The molecular formula is C14H27NO. The molecule has 1 aliphatic heterocycles. The summed E-state index contributed by atoms with van der Waals surface area (Å²) in [5, 5.41) is 3.68. The summed E-state index contributed by atoms with van der Waals surface area (Å²) in [6, 6.07) is 0.733. The molecule has 2 heteroatoms. The molecule has 0 aromatic heterocycles. The fraction of sp³-hybridized carbons (Fsp3) is 1.00. The van der Waals surface area contributed by atoms with Gasteiger partial charge in [0.15, 0.2) is 0 Å². The Hall–Kier alpha value is -0.0800. The zero-order valence-corrected chi connectivity index (χ0v) is 10.9. The molecule has 1 saturated carbocycles. The smallest absolute Gasteiger partial charge is 0.0685 e. The average Bonchev–Trinajstić information content (AvgIpc) is 2.27. The number of ether oxygens (including phenoxy) is 1. The van der Waals surface area contributed by atoms with Gasteiger partial charge in [0.25, 0.3) is 0 Å². The van der Waals surface area contributed by atoms with Crippen LogP contribution in [0.15, 0.2) is 0 Å². The summed E-state index contributed by atoms with van der Waals surface area (Å²) in [4.78, 5) is 0. The second kappa shape index (κ2) is 5.50. The van der Waals surface area contributed by atoms with Gasteiger partial charge in [0.1, 0.15) is 0 Å². The normalized spacial score (nSPS) is 30.0. The van der Waals surface area contributed by atoms with Crippen LogP contribution in [0.1, 0.15) is 58.8 Å². The molecule has 0 bridgehead atoms. The van der Waals surface area contributed by atoms with E-state index in [4.69, 9.17) is 4.74 Å². The van der Waals surface area contributed by atoms with E-state index in [9.17, 15) is 0 Å². The molecule has 0 amide bonds. The molecule has 2 rings (SSSR count). The molecule has 1 spiro atoms. The lowest BCUT2D eigenvalue weighted by atomic mass is 9.70. The lowest BCUT2D eigenvalue weighted by Gasteiger charge is -2.49. The molecule has 0 radical (unpaired) electrons. The van der Waals surface area contributed by atoms with Crippen LogP contribution in [0.5, 0.6) is 0 Å². The fourth-order valence-electron chi connectivity index (χ4n) is 3.41. The summed E-state index contributed by atoms with van der Waals surface area (Å²) in [5.41, 5.74) is 0.310. The van der Waals surface area contributed by atoms with Crippen LogP contribution in [0.2, 0.25) is 0 Å². The molecule has 2 atom stereocenters. The minimum Gasteiger partial charge on any atom is -0.375 e. The average molecular weight is 225 g/mol. The van der Waals surface area contributed by atoms with Crippen molar-refractivity contribution in [2.24, 2.45) is 5.92 Å². The minimum atomic E-state index is 0.310. The van der Waals surface area contributed by atoms with Crippen LogP contribution < -0.4 is 5.32 Å². The van der Waals surface area contributed by atoms with Gasteiger partial charge >= 0.3 is 0 Å². The van der Waals surface area contributed by atoms with Gasteiger partial charge in [-0.25, -0.2) is 0 Å². The van der Waals surface area contributed by atoms with Crippen LogP contribution in [0, 0.1) is 5.92 Å². The molecule has 2 fully saturated rings. The van der Waals surface area contributed by atoms with Crippen molar-refractivity contribution in [1.82, 2.24) is 5.32 Å². The Morgan fingerprint density at radius 1 is 1.38 bits per heavy atom. The third-order valence-electron chi connectivity index (χ3n) is 4.43. The van der Waals surface area contributed by atoms with Gasteiger partial charge in [0, 0.05) is 12.6 Å². The fourth-order valence-corrected chi connectivity index (χ4v) is 3.41. The van der Waals surface area contributed by atoms with Gasteiger partial charge in [-0.05, 0) is 51.0 Å². The quantitative estimate of drug-likeness (QED) is 0.776. The minimum absolute atomic E-state index is 0.310. The highest BCUT2D eigenvalue weighted by molar-refractivity contribution is 4.96. The molecule has 0 aromatic rings. The Bertz CT molecular complexity index is 207. The van der Waals surface area contributed by atoms with E-state index in [1.165, 1.54) is 44.9 Å². The molecule has 1 aliphatic carbocycles. The molecular weight excluding hydrogens is 198 g/mol. The predicted octanol–water partition coefficient (Wildman–Crippen LogP) is 3.11. The van der Waals surface area contributed by atoms with E-state index in [1.807, 2.05) is 0 Å². The van der Waals surface area contributed by atoms with Crippen LogP contribution in [0.25, 0.3) is 0 Å². The number of hydrogen-bond acceptors (Lipinski definition) is 2. The third-order valence-corrected chi connectivity index (χ3v) is 4.43. The van der Waals surface area contributed by atoms with Gasteiger partial charge in [0.05, 0.1) is 5.60 Å². The SMILES string of the molecule is CCCC(NCC)C1CCOC2(CCC2)C1. The highest BCUT2D eigenvalue weighted by Crippen LogP contribution is 2.45. The van der Waals surface area contributed by atoms with Crippen LogP contribution in [0.4, 0.5) is 0 Å². The zero-order valence-electron chi connectivity index (χ0n) is 10.9.